The van der Waals surface area contributed by atoms with Gasteiger partial charge in [-0.25, -0.2) is 0 Å². The fourth-order valence-electron chi connectivity index (χ4n) is 1.69. The highest BCUT2D eigenvalue weighted by atomic mass is 35.5. The fraction of sp³-hybridized carbons (Fsp3) is 0.133. The van der Waals surface area contributed by atoms with Gasteiger partial charge in [-0.15, -0.1) is 0 Å². The second kappa shape index (κ2) is 6.81. The number of rotatable bonds is 5. The maximum absolute atomic E-state index is 8.54. The third-order valence-corrected chi connectivity index (χ3v) is 2.81. The molecule has 0 aliphatic carbocycles. The summed E-state index contributed by atoms with van der Waals surface area (Å²) in [6, 6.07) is 17.5. The van der Waals surface area contributed by atoms with Crippen molar-refractivity contribution in [3.63, 3.8) is 0 Å². The SMILES string of the molecule is O/N=C(\Cl)Cc1cccc(OCc2ccccc2)c1. The molecule has 0 saturated heterocycles. The van der Waals surface area contributed by atoms with Crippen molar-refractivity contribution in [3.05, 3.63) is 65.7 Å². The van der Waals surface area contributed by atoms with Crippen molar-refractivity contribution in [1.82, 2.24) is 0 Å². The van der Waals surface area contributed by atoms with Crippen LogP contribution in [-0.4, -0.2) is 10.4 Å². The minimum Gasteiger partial charge on any atom is -0.489 e. The molecule has 2 aromatic rings. The third-order valence-electron chi connectivity index (χ3n) is 2.61. The molecule has 0 amide bonds. The Bertz CT molecular complexity index is 555. The quantitative estimate of drug-likeness (QED) is 0.512. The third kappa shape index (κ3) is 4.30. The Kier molecular flexibility index (Phi) is 4.81. The minimum absolute atomic E-state index is 0.153. The van der Waals surface area contributed by atoms with E-state index < -0.39 is 0 Å². The van der Waals surface area contributed by atoms with Crippen molar-refractivity contribution in [2.45, 2.75) is 13.0 Å². The van der Waals surface area contributed by atoms with Crippen molar-refractivity contribution in [2.24, 2.45) is 5.16 Å². The van der Waals surface area contributed by atoms with Crippen LogP contribution in [0.15, 0.2) is 59.8 Å². The highest BCUT2D eigenvalue weighted by molar-refractivity contribution is 6.65. The van der Waals surface area contributed by atoms with Gasteiger partial charge < -0.3 is 9.94 Å². The van der Waals surface area contributed by atoms with Crippen LogP contribution in [0.4, 0.5) is 0 Å². The van der Waals surface area contributed by atoms with E-state index in [2.05, 4.69) is 5.16 Å². The first-order chi connectivity index (χ1) is 9.28. The summed E-state index contributed by atoms with van der Waals surface area (Å²) in [6.07, 6.45) is 0.389. The summed E-state index contributed by atoms with van der Waals surface area (Å²) < 4.78 is 5.70. The summed E-state index contributed by atoms with van der Waals surface area (Å²) >= 11 is 5.68. The van der Waals surface area contributed by atoms with Gasteiger partial charge in [0, 0.05) is 6.42 Å². The van der Waals surface area contributed by atoms with Gasteiger partial charge in [0.15, 0.2) is 0 Å². The molecule has 2 aromatic carbocycles. The van der Waals surface area contributed by atoms with E-state index >= 15 is 0 Å². The van der Waals surface area contributed by atoms with Crippen LogP contribution in [-0.2, 0) is 13.0 Å². The van der Waals surface area contributed by atoms with Crippen molar-refractivity contribution in [2.75, 3.05) is 0 Å². The average Bonchev–Trinajstić information content (AvgIpc) is 2.46. The molecule has 0 unspecified atom stereocenters. The lowest BCUT2D eigenvalue weighted by atomic mass is 10.1. The molecule has 0 heterocycles. The van der Waals surface area contributed by atoms with Crippen LogP contribution in [0.3, 0.4) is 0 Å². The van der Waals surface area contributed by atoms with E-state index in [0.29, 0.717) is 13.0 Å². The maximum atomic E-state index is 8.54. The van der Waals surface area contributed by atoms with Crippen LogP contribution in [0.2, 0.25) is 0 Å². The van der Waals surface area contributed by atoms with Gasteiger partial charge in [-0.1, -0.05) is 59.2 Å². The normalized spacial score (nSPS) is 11.3. The molecule has 0 radical (unpaired) electrons. The molecule has 0 aromatic heterocycles. The van der Waals surface area contributed by atoms with Crippen LogP contribution >= 0.6 is 11.6 Å². The Hall–Kier alpha value is -2.00. The highest BCUT2D eigenvalue weighted by Crippen LogP contribution is 2.16. The molecule has 3 nitrogen and oxygen atoms in total. The molecule has 0 spiro atoms. The molecule has 0 bridgehead atoms. The minimum atomic E-state index is 0.153. The number of nitrogens with zero attached hydrogens (tertiary/aromatic N) is 1. The van der Waals surface area contributed by atoms with Gasteiger partial charge in [-0.3, -0.25) is 0 Å². The monoisotopic (exact) mass is 275 g/mol. The van der Waals surface area contributed by atoms with E-state index in [1.54, 1.807) is 0 Å². The molecule has 0 aliphatic heterocycles. The Morgan fingerprint density at radius 2 is 1.79 bits per heavy atom. The van der Waals surface area contributed by atoms with Crippen LogP contribution < -0.4 is 4.74 Å². The van der Waals surface area contributed by atoms with Crippen molar-refractivity contribution in [3.8, 4) is 5.75 Å². The van der Waals surface area contributed by atoms with Gasteiger partial charge in [0.2, 0.25) is 0 Å². The van der Waals surface area contributed by atoms with Gasteiger partial charge in [-0.2, -0.15) is 0 Å². The van der Waals surface area contributed by atoms with E-state index in [-0.39, 0.29) is 5.17 Å². The number of halogens is 1. The van der Waals surface area contributed by atoms with Gasteiger partial charge >= 0.3 is 0 Å². The zero-order chi connectivity index (χ0) is 13.5. The Balaban J connectivity index is 1.99. The molecule has 0 atom stereocenters. The molecule has 0 aliphatic rings. The van der Waals surface area contributed by atoms with Gasteiger partial charge in [0.1, 0.15) is 17.5 Å². The Labute approximate surface area is 117 Å². The predicted octanol–water partition coefficient (Wildman–Crippen LogP) is 3.83. The van der Waals surface area contributed by atoms with Crippen LogP contribution in [0.1, 0.15) is 11.1 Å². The topological polar surface area (TPSA) is 41.8 Å². The molecular weight excluding hydrogens is 262 g/mol. The zero-order valence-electron chi connectivity index (χ0n) is 10.3. The molecule has 19 heavy (non-hydrogen) atoms. The van der Waals surface area contributed by atoms with Gasteiger partial charge in [0.05, 0.1) is 0 Å². The second-order valence-electron chi connectivity index (χ2n) is 4.07. The maximum Gasteiger partial charge on any atom is 0.149 e. The van der Waals surface area contributed by atoms with Crippen LogP contribution in [0.5, 0.6) is 5.75 Å². The number of hydrogen-bond donors (Lipinski definition) is 1. The van der Waals surface area contributed by atoms with E-state index in [4.69, 9.17) is 21.5 Å². The molecule has 2 rings (SSSR count). The Morgan fingerprint density at radius 3 is 2.53 bits per heavy atom. The highest BCUT2D eigenvalue weighted by Gasteiger charge is 2.01. The molecule has 4 heteroatoms. The average molecular weight is 276 g/mol. The van der Waals surface area contributed by atoms with Crippen LogP contribution in [0, 0.1) is 0 Å². The number of ether oxygens (including phenoxy) is 1. The summed E-state index contributed by atoms with van der Waals surface area (Å²) in [5.74, 6) is 0.767. The summed E-state index contributed by atoms with van der Waals surface area (Å²) in [5, 5.41) is 11.6. The molecular formula is C15H14ClNO2. The lowest BCUT2D eigenvalue weighted by Gasteiger charge is -2.07. The largest absolute Gasteiger partial charge is 0.489 e. The standard InChI is InChI=1S/C15H14ClNO2/c16-15(17-18)10-13-7-4-8-14(9-13)19-11-12-5-2-1-3-6-12/h1-9,18H,10-11H2/b17-15-. The molecule has 1 N–H and O–H groups in total. The molecule has 98 valence electrons. The number of oxime groups is 1. The molecule has 0 fully saturated rings. The predicted molar refractivity (Wildman–Crippen MR) is 76.0 cm³/mol. The smallest absolute Gasteiger partial charge is 0.149 e. The first-order valence-electron chi connectivity index (χ1n) is 5.90. The first kappa shape index (κ1) is 13.4. The summed E-state index contributed by atoms with van der Waals surface area (Å²) in [4.78, 5) is 0. The van der Waals surface area contributed by atoms with Crippen molar-refractivity contribution < 1.29 is 9.94 Å². The van der Waals surface area contributed by atoms with Crippen LogP contribution in [0.25, 0.3) is 0 Å². The van der Waals surface area contributed by atoms with Gasteiger partial charge in [-0.05, 0) is 23.3 Å². The summed E-state index contributed by atoms with van der Waals surface area (Å²) in [5.41, 5.74) is 2.05. The van der Waals surface area contributed by atoms with Crippen molar-refractivity contribution >= 4 is 16.8 Å². The van der Waals surface area contributed by atoms with E-state index in [0.717, 1.165) is 16.9 Å². The number of hydrogen-bond acceptors (Lipinski definition) is 3. The fourth-order valence-corrected chi connectivity index (χ4v) is 1.84. The lowest BCUT2D eigenvalue weighted by Crippen LogP contribution is -1.98. The van der Waals surface area contributed by atoms with E-state index in [1.807, 2.05) is 54.6 Å². The van der Waals surface area contributed by atoms with Gasteiger partial charge in [0.25, 0.3) is 0 Å². The van der Waals surface area contributed by atoms with E-state index in [1.165, 1.54) is 0 Å². The second-order valence-corrected chi connectivity index (χ2v) is 4.51. The summed E-state index contributed by atoms with van der Waals surface area (Å²) in [7, 11) is 0. The van der Waals surface area contributed by atoms with Crippen molar-refractivity contribution in [1.29, 1.82) is 0 Å². The lowest BCUT2D eigenvalue weighted by molar-refractivity contribution is 0.306. The Morgan fingerprint density at radius 1 is 1.05 bits per heavy atom. The first-order valence-corrected chi connectivity index (χ1v) is 6.28. The van der Waals surface area contributed by atoms with E-state index in [9.17, 15) is 0 Å². The zero-order valence-corrected chi connectivity index (χ0v) is 11.0. The molecule has 0 saturated carbocycles. The number of benzene rings is 2. The summed E-state index contributed by atoms with van der Waals surface area (Å²) in [6.45, 7) is 0.520.